The summed E-state index contributed by atoms with van der Waals surface area (Å²) in [6.07, 6.45) is 3.75. The van der Waals surface area contributed by atoms with Crippen LogP contribution in [0.4, 0.5) is 5.82 Å². The third-order valence-electron chi connectivity index (χ3n) is 2.32. The predicted molar refractivity (Wildman–Crippen MR) is 61.8 cm³/mol. The van der Waals surface area contributed by atoms with Crippen molar-refractivity contribution in [1.29, 1.82) is 0 Å². The first kappa shape index (κ1) is 10.1. The van der Waals surface area contributed by atoms with Gasteiger partial charge in [0.05, 0.1) is 3.57 Å². The Labute approximate surface area is 96.4 Å². The maximum absolute atomic E-state index is 5.71. The van der Waals surface area contributed by atoms with Crippen LogP contribution in [0.5, 0.6) is 0 Å². The number of ether oxygens (including phenoxy) is 1. The van der Waals surface area contributed by atoms with Crippen LogP contribution in [0.25, 0.3) is 0 Å². The molecule has 1 fully saturated rings. The topological polar surface area (TPSA) is 61.0 Å². The summed E-state index contributed by atoms with van der Waals surface area (Å²) >= 11 is 2.13. The van der Waals surface area contributed by atoms with Crippen LogP contribution in [0.3, 0.4) is 0 Å². The molecule has 2 heterocycles. The van der Waals surface area contributed by atoms with E-state index in [2.05, 4.69) is 32.6 Å². The van der Waals surface area contributed by atoms with Crippen LogP contribution in [0, 0.1) is 9.49 Å². The minimum atomic E-state index is 0.564. The molecule has 1 aliphatic heterocycles. The zero-order valence-corrected chi connectivity index (χ0v) is 9.90. The van der Waals surface area contributed by atoms with Crippen molar-refractivity contribution in [3.8, 4) is 0 Å². The molecule has 4 nitrogen and oxygen atoms in total. The fourth-order valence-electron chi connectivity index (χ4n) is 1.52. The van der Waals surface area contributed by atoms with Crippen molar-refractivity contribution in [3.05, 3.63) is 15.6 Å². The van der Waals surface area contributed by atoms with Gasteiger partial charge in [-0.2, -0.15) is 0 Å². The molecule has 2 rings (SSSR count). The molecule has 0 aliphatic carbocycles. The summed E-state index contributed by atoms with van der Waals surface area (Å²) in [6.45, 7) is 1.69. The Morgan fingerprint density at radius 3 is 3.14 bits per heavy atom. The van der Waals surface area contributed by atoms with Crippen LogP contribution in [-0.2, 0) is 11.2 Å². The molecule has 1 unspecified atom stereocenters. The van der Waals surface area contributed by atoms with Gasteiger partial charge in [0.2, 0.25) is 0 Å². The second-order valence-corrected chi connectivity index (χ2v) is 4.62. The highest BCUT2D eigenvalue weighted by Crippen LogP contribution is 2.17. The fraction of sp³-hybridized carbons (Fsp3) is 0.556. The van der Waals surface area contributed by atoms with Gasteiger partial charge in [-0.05, 0) is 34.9 Å². The van der Waals surface area contributed by atoms with E-state index in [9.17, 15) is 0 Å². The molecule has 0 bridgehead atoms. The highest BCUT2D eigenvalue weighted by atomic mass is 127. The minimum absolute atomic E-state index is 0.564. The number of hydrogen-bond acceptors (Lipinski definition) is 4. The van der Waals surface area contributed by atoms with E-state index in [0.717, 1.165) is 35.4 Å². The summed E-state index contributed by atoms with van der Waals surface area (Å²) in [4.78, 5) is 8.49. The van der Waals surface area contributed by atoms with E-state index in [1.807, 2.05) is 0 Å². The monoisotopic (exact) mass is 305 g/mol. The zero-order valence-electron chi connectivity index (χ0n) is 7.74. The molecule has 1 aromatic heterocycles. The lowest BCUT2D eigenvalue weighted by Gasteiger charge is -2.06. The van der Waals surface area contributed by atoms with Gasteiger partial charge >= 0.3 is 0 Å². The van der Waals surface area contributed by atoms with Gasteiger partial charge in [-0.3, -0.25) is 0 Å². The average molecular weight is 305 g/mol. The second-order valence-electron chi connectivity index (χ2n) is 3.45. The van der Waals surface area contributed by atoms with Crippen LogP contribution in [0.2, 0.25) is 0 Å². The summed E-state index contributed by atoms with van der Waals surface area (Å²) in [5, 5.41) is 0. The number of anilines is 1. The third-order valence-corrected chi connectivity index (χ3v) is 3.15. The van der Waals surface area contributed by atoms with E-state index in [1.54, 1.807) is 6.20 Å². The molecule has 5 heteroatoms. The van der Waals surface area contributed by atoms with Crippen molar-refractivity contribution in [2.45, 2.75) is 12.8 Å². The smallest absolute Gasteiger partial charge is 0.140 e. The Balaban J connectivity index is 2.05. The Morgan fingerprint density at radius 1 is 1.64 bits per heavy atom. The van der Waals surface area contributed by atoms with E-state index in [4.69, 9.17) is 10.5 Å². The van der Waals surface area contributed by atoms with Crippen molar-refractivity contribution in [2.24, 2.45) is 5.92 Å². The Bertz CT molecular complexity index is 326. The Morgan fingerprint density at radius 2 is 2.50 bits per heavy atom. The van der Waals surface area contributed by atoms with E-state index in [-0.39, 0.29) is 0 Å². The summed E-state index contributed by atoms with van der Waals surface area (Å²) in [5.74, 6) is 1.97. The van der Waals surface area contributed by atoms with Crippen LogP contribution in [-0.4, -0.2) is 23.2 Å². The average Bonchev–Trinajstić information content (AvgIpc) is 2.64. The molecule has 14 heavy (non-hydrogen) atoms. The molecule has 0 saturated carbocycles. The molecular weight excluding hydrogens is 293 g/mol. The number of aromatic nitrogens is 2. The molecular formula is C9H12IN3O. The molecule has 0 radical (unpaired) electrons. The SMILES string of the molecule is Nc1nc(CC2CCOC2)ncc1I. The van der Waals surface area contributed by atoms with Crippen molar-refractivity contribution < 1.29 is 4.74 Å². The van der Waals surface area contributed by atoms with Crippen LogP contribution in [0.1, 0.15) is 12.2 Å². The lowest BCUT2D eigenvalue weighted by Crippen LogP contribution is -2.09. The van der Waals surface area contributed by atoms with Gasteiger partial charge in [-0.15, -0.1) is 0 Å². The fourth-order valence-corrected chi connectivity index (χ4v) is 1.78. The number of nitrogens with two attached hydrogens (primary N) is 1. The molecule has 0 amide bonds. The normalized spacial score (nSPS) is 21.4. The van der Waals surface area contributed by atoms with Crippen molar-refractivity contribution >= 4 is 28.4 Å². The number of nitrogens with zero attached hydrogens (tertiary/aromatic N) is 2. The standard InChI is InChI=1S/C9H12IN3O/c10-7-4-12-8(13-9(7)11)3-6-1-2-14-5-6/h4,6H,1-3,5H2,(H2,11,12,13). The van der Waals surface area contributed by atoms with Gasteiger partial charge < -0.3 is 10.5 Å². The molecule has 0 spiro atoms. The lowest BCUT2D eigenvalue weighted by atomic mass is 10.1. The van der Waals surface area contributed by atoms with Crippen molar-refractivity contribution in [2.75, 3.05) is 18.9 Å². The van der Waals surface area contributed by atoms with Gasteiger partial charge in [-0.25, -0.2) is 9.97 Å². The maximum Gasteiger partial charge on any atom is 0.140 e. The Kier molecular flexibility index (Phi) is 3.17. The van der Waals surface area contributed by atoms with Gasteiger partial charge in [0.25, 0.3) is 0 Å². The lowest BCUT2D eigenvalue weighted by molar-refractivity contribution is 0.185. The van der Waals surface area contributed by atoms with Gasteiger partial charge in [0.15, 0.2) is 0 Å². The van der Waals surface area contributed by atoms with E-state index >= 15 is 0 Å². The first-order valence-electron chi connectivity index (χ1n) is 4.60. The van der Waals surface area contributed by atoms with Gasteiger partial charge in [0, 0.05) is 25.8 Å². The zero-order chi connectivity index (χ0) is 9.97. The van der Waals surface area contributed by atoms with Crippen molar-refractivity contribution in [3.63, 3.8) is 0 Å². The summed E-state index contributed by atoms with van der Waals surface area (Å²) in [7, 11) is 0. The van der Waals surface area contributed by atoms with Gasteiger partial charge in [0.1, 0.15) is 11.6 Å². The van der Waals surface area contributed by atoms with E-state index in [1.165, 1.54) is 0 Å². The van der Waals surface area contributed by atoms with Crippen LogP contribution >= 0.6 is 22.6 Å². The Hall–Kier alpha value is -0.430. The first-order chi connectivity index (χ1) is 6.75. The minimum Gasteiger partial charge on any atom is -0.383 e. The molecule has 1 aliphatic rings. The summed E-state index contributed by atoms with van der Waals surface area (Å²) < 4.78 is 6.21. The van der Waals surface area contributed by atoms with E-state index in [0.29, 0.717) is 11.7 Å². The largest absolute Gasteiger partial charge is 0.383 e. The molecule has 0 aromatic carbocycles. The number of halogens is 1. The highest BCUT2D eigenvalue weighted by Gasteiger charge is 2.17. The molecule has 76 valence electrons. The maximum atomic E-state index is 5.71. The summed E-state index contributed by atoms with van der Waals surface area (Å²) in [5.41, 5.74) is 5.71. The molecule has 1 saturated heterocycles. The van der Waals surface area contributed by atoms with Crippen LogP contribution < -0.4 is 5.73 Å². The second kappa shape index (κ2) is 4.39. The number of nitrogen functional groups attached to an aromatic ring is 1. The summed E-state index contributed by atoms with van der Waals surface area (Å²) in [6, 6.07) is 0. The third kappa shape index (κ3) is 2.33. The highest BCUT2D eigenvalue weighted by molar-refractivity contribution is 14.1. The first-order valence-corrected chi connectivity index (χ1v) is 5.68. The molecule has 2 N–H and O–H groups in total. The quantitative estimate of drug-likeness (QED) is 0.835. The molecule has 1 atom stereocenters. The molecule has 1 aromatic rings. The van der Waals surface area contributed by atoms with Crippen molar-refractivity contribution in [1.82, 2.24) is 9.97 Å². The number of hydrogen-bond donors (Lipinski definition) is 1. The number of rotatable bonds is 2. The van der Waals surface area contributed by atoms with E-state index < -0.39 is 0 Å². The predicted octanol–water partition coefficient (Wildman–Crippen LogP) is 1.24. The van der Waals surface area contributed by atoms with Gasteiger partial charge in [-0.1, -0.05) is 0 Å². The van der Waals surface area contributed by atoms with Crippen LogP contribution in [0.15, 0.2) is 6.20 Å².